The summed E-state index contributed by atoms with van der Waals surface area (Å²) in [5.74, 6) is -1.56. The number of hydrogen-bond acceptors (Lipinski definition) is 7. The van der Waals surface area contributed by atoms with Crippen molar-refractivity contribution in [3.05, 3.63) is 64.7 Å². The molecule has 0 fully saturated rings. The standard InChI is InChI=1S/C34H49N3O7/c1-8-9-10-11-12-19-37(30(31(40)35-22-29(39)43-7)27-20-23(2)13-14-24(27)3)32(41)28(36-33(42)44-34(4,5)6)21-25-15-17-26(38)18-16-25/h13-18,20,28,30,38H,8-12,19,21-22H2,1-7H3,(H,35,40)(H,36,42). The van der Waals surface area contributed by atoms with Crippen molar-refractivity contribution in [3.63, 3.8) is 0 Å². The molecule has 3 amide bonds. The Morgan fingerprint density at radius 3 is 2.23 bits per heavy atom. The van der Waals surface area contributed by atoms with E-state index in [1.165, 1.54) is 24.1 Å². The maximum Gasteiger partial charge on any atom is 0.408 e. The van der Waals surface area contributed by atoms with Crippen LogP contribution in [0.3, 0.4) is 0 Å². The first-order chi connectivity index (χ1) is 20.7. The zero-order valence-corrected chi connectivity index (χ0v) is 27.2. The number of esters is 1. The molecule has 0 saturated carbocycles. The summed E-state index contributed by atoms with van der Waals surface area (Å²) in [6, 6.07) is 9.88. The van der Waals surface area contributed by atoms with E-state index in [1.807, 2.05) is 32.0 Å². The average Bonchev–Trinajstić information content (AvgIpc) is 2.96. The highest BCUT2D eigenvalue weighted by Crippen LogP contribution is 2.28. The van der Waals surface area contributed by atoms with Crippen molar-refractivity contribution in [3.8, 4) is 5.75 Å². The number of methoxy groups -OCH3 is 1. The van der Waals surface area contributed by atoms with E-state index in [0.717, 1.165) is 36.8 Å². The maximum absolute atomic E-state index is 14.6. The van der Waals surface area contributed by atoms with Gasteiger partial charge in [-0.2, -0.15) is 0 Å². The zero-order valence-electron chi connectivity index (χ0n) is 27.2. The molecule has 2 unspecified atom stereocenters. The molecule has 0 saturated heterocycles. The monoisotopic (exact) mass is 611 g/mol. The van der Waals surface area contributed by atoms with Crippen molar-refractivity contribution < 1.29 is 33.8 Å². The third kappa shape index (κ3) is 11.9. The summed E-state index contributed by atoms with van der Waals surface area (Å²) >= 11 is 0. The van der Waals surface area contributed by atoms with Crippen LogP contribution in [0.2, 0.25) is 0 Å². The summed E-state index contributed by atoms with van der Waals surface area (Å²) in [5, 5.41) is 15.2. The van der Waals surface area contributed by atoms with Crippen LogP contribution in [-0.2, 0) is 30.3 Å². The number of phenols is 1. The number of nitrogens with zero attached hydrogens (tertiary/aromatic N) is 1. The molecule has 0 radical (unpaired) electrons. The van der Waals surface area contributed by atoms with Gasteiger partial charge in [-0.15, -0.1) is 0 Å². The van der Waals surface area contributed by atoms with Gasteiger partial charge in [0.15, 0.2) is 0 Å². The van der Waals surface area contributed by atoms with E-state index >= 15 is 0 Å². The van der Waals surface area contributed by atoms with Crippen LogP contribution < -0.4 is 10.6 Å². The van der Waals surface area contributed by atoms with Gasteiger partial charge in [0, 0.05) is 13.0 Å². The normalized spacial score (nSPS) is 12.5. The number of nitrogens with one attached hydrogen (secondary N) is 2. The van der Waals surface area contributed by atoms with Gasteiger partial charge in [0.25, 0.3) is 0 Å². The average molecular weight is 612 g/mol. The topological polar surface area (TPSA) is 134 Å². The minimum Gasteiger partial charge on any atom is -0.508 e. The molecule has 0 bridgehead atoms. The summed E-state index contributed by atoms with van der Waals surface area (Å²) in [6.07, 6.45) is 3.90. The Morgan fingerprint density at radius 2 is 1.61 bits per heavy atom. The molecule has 242 valence electrons. The van der Waals surface area contributed by atoms with Gasteiger partial charge in [-0.1, -0.05) is 68.5 Å². The number of alkyl carbamates (subject to hydrolysis) is 1. The first-order valence-corrected chi connectivity index (χ1v) is 15.2. The number of hydrogen-bond donors (Lipinski definition) is 3. The Morgan fingerprint density at radius 1 is 0.955 bits per heavy atom. The van der Waals surface area contributed by atoms with Crippen molar-refractivity contribution in [2.24, 2.45) is 0 Å². The molecule has 10 nitrogen and oxygen atoms in total. The molecule has 2 rings (SSSR count). The molecule has 0 aliphatic rings. The molecular weight excluding hydrogens is 562 g/mol. The van der Waals surface area contributed by atoms with Gasteiger partial charge < -0.3 is 30.1 Å². The third-order valence-corrected chi connectivity index (χ3v) is 7.07. The molecule has 2 aromatic carbocycles. The molecule has 3 N–H and O–H groups in total. The quantitative estimate of drug-likeness (QED) is 0.184. The smallest absolute Gasteiger partial charge is 0.408 e. The number of unbranched alkanes of at least 4 members (excludes halogenated alkanes) is 4. The highest BCUT2D eigenvalue weighted by Gasteiger charge is 2.37. The third-order valence-electron chi connectivity index (χ3n) is 7.07. The van der Waals surface area contributed by atoms with Gasteiger partial charge in [0.2, 0.25) is 11.8 Å². The van der Waals surface area contributed by atoms with Crippen LogP contribution in [0.5, 0.6) is 5.75 Å². The second-order valence-corrected chi connectivity index (χ2v) is 12.1. The number of ether oxygens (including phenoxy) is 2. The van der Waals surface area contributed by atoms with Crippen LogP contribution in [0.25, 0.3) is 0 Å². The maximum atomic E-state index is 14.6. The molecule has 0 aliphatic heterocycles. The van der Waals surface area contributed by atoms with Crippen LogP contribution in [0, 0.1) is 13.8 Å². The number of carbonyl (C=O) groups is 4. The summed E-state index contributed by atoms with van der Waals surface area (Å²) in [4.78, 5) is 54.9. The predicted octanol–water partition coefficient (Wildman–Crippen LogP) is 5.27. The van der Waals surface area contributed by atoms with Gasteiger partial charge in [-0.3, -0.25) is 14.4 Å². The van der Waals surface area contributed by atoms with Crippen LogP contribution >= 0.6 is 0 Å². The van der Waals surface area contributed by atoms with E-state index in [0.29, 0.717) is 17.5 Å². The Labute approximate surface area is 261 Å². The summed E-state index contributed by atoms with van der Waals surface area (Å²) in [6.45, 7) is 11.0. The van der Waals surface area contributed by atoms with E-state index in [-0.39, 0.29) is 25.3 Å². The molecule has 0 aromatic heterocycles. The molecule has 44 heavy (non-hydrogen) atoms. The first kappa shape index (κ1) is 36.1. The second-order valence-electron chi connectivity index (χ2n) is 12.1. The van der Waals surface area contributed by atoms with Gasteiger partial charge in [-0.25, -0.2) is 4.79 Å². The molecule has 2 aromatic rings. The lowest BCUT2D eigenvalue weighted by atomic mass is 9.95. The van der Waals surface area contributed by atoms with E-state index in [9.17, 15) is 24.3 Å². The van der Waals surface area contributed by atoms with Crippen LogP contribution in [0.1, 0.15) is 88.1 Å². The number of carbonyl (C=O) groups excluding carboxylic acids is 4. The number of amides is 3. The van der Waals surface area contributed by atoms with E-state index in [4.69, 9.17) is 9.47 Å². The molecule has 10 heteroatoms. The molecule has 0 aliphatic carbocycles. The number of aromatic hydroxyl groups is 1. The van der Waals surface area contributed by atoms with Crippen molar-refractivity contribution in [1.29, 1.82) is 0 Å². The molecular formula is C34H49N3O7. The Balaban J connectivity index is 2.61. The minimum atomic E-state index is -1.09. The predicted molar refractivity (Wildman–Crippen MR) is 169 cm³/mol. The van der Waals surface area contributed by atoms with E-state index < -0.39 is 41.6 Å². The second kappa shape index (κ2) is 17.3. The molecule has 0 heterocycles. The van der Waals surface area contributed by atoms with Crippen LogP contribution in [0.4, 0.5) is 4.79 Å². The van der Waals surface area contributed by atoms with Crippen LogP contribution in [0.15, 0.2) is 42.5 Å². The first-order valence-electron chi connectivity index (χ1n) is 15.2. The SMILES string of the molecule is CCCCCCCN(C(=O)C(Cc1ccc(O)cc1)NC(=O)OC(C)(C)C)C(C(=O)NCC(=O)OC)c1cc(C)ccc1C. The zero-order chi connectivity index (χ0) is 32.9. The van der Waals surface area contributed by atoms with E-state index in [1.54, 1.807) is 32.9 Å². The summed E-state index contributed by atoms with van der Waals surface area (Å²) in [5.41, 5.74) is 2.21. The van der Waals surface area contributed by atoms with Crippen molar-refractivity contribution >= 4 is 23.9 Å². The fourth-order valence-electron chi connectivity index (χ4n) is 4.80. The van der Waals surface area contributed by atoms with Gasteiger partial charge in [0.1, 0.15) is 30.0 Å². The lowest BCUT2D eigenvalue weighted by molar-refractivity contribution is -0.144. The van der Waals surface area contributed by atoms with Crippen molar-refractivity contribution in [1.82, 2.24) is 15.5 Å². The molecule has 2 atom stereocenters. The largest absolute Gasteiger partial charge is 0.508 e. The summed E-state index contributed by atoms with van der Waals surface area (Å²) in [7, 11) is 1.24. The van der Waals surface area contributed by atoms with Gasteiger partial charge in [-0.05, 0) is 69.9 Å². The van der Waals surface area contributed by atoms with Gasteiger partial charge >= 0.3 is 12.1 Å². The van der Waals surface area contributed by atoms with Gasteiger partial charge in [0.05, 0.1) is 7.11 Å². The highest BCUT2D eigenvalue weighted by atomic mass is 16.6. The fourth-order valence-corrected chi connectivity index (χ4v) is 4.80. The molecule has 0 spiro atoms. The minimum absolute atomic E-state index is 0.0719. The number of benzene rings is 2. The Kier molecular flexibility index (Phi) is 14.2. The van der Waals surface area contributed by atoms with Crippen LogP contribution in [-0.4, -0.2) is 65.7 Å². The lowest BCUT2D eigenvalue weighted by Gasteiger charge is -2.35. The summed E-state index contributed by atoms with van der Waals surface area (Å²) < 4.78 is 10.2. The number of aryl methyl sites for hydroxylation is 2. The van der Waals surface area contributed by atoms with E-state index in [2.05, 4.69) is 17.6 Å². The number of rotatable bonds is 15. The highest BCUT2D eigenvalue weighted by molar-refractivity contribution is 5.93. The lowest BCUT2D eigenvalue weighted by Crippen LogP contribution is -2.54. The number of phenolic OH excluding ortho intramolecular Hbond substituents is 1. The van der Waals surface area contributed by atoms with Crippen molar-refractivity contribution in [2.45, 2.75) is 97.8 Å². The van der Waals surface area contributed by atoms with Crippen molar-refractivity contribution in [2.75, 3.05) is 20.2 Å². The Hall–Kier alpha value is -4.08. The Bertz CT molecular complexity index is 1250. The fraction of sp³-hybridized carbons (Fsp3) is 0.529.